The van der Waals surface area contributed by atoms with Gasteiger partial charge in [0.2, 0.25) is 5.91 Å². The number of carbonyl (C=O) groups is 2. The molecule has 0 spiro atoms. The fourth-order valence-electron chi connectivity index (χ4n) is 1.78. The minimum absolute atomic E-state index is 0.0970. The minimum Gasteiger partial charge on any atom is -0.508 e. The molecule has 0 heterocycles. The maximum absolute atomic E-state index is 11.8. The molecule has 7 nitrogen and oxygen atoms in total. The summed E-state index contributed by atoms with van der Waals surface area (Å²) < 4.78 is 0. The molecule has 5 N–H and O–H groups in total. The van der Waals surface area contributed by atoms with E-state index in [1.165, 1.54) is 12.1 Å². The topological polar surface area (TPSA) is 127 Å². The van der Waals surface area contributed by atoms with Crippen molar-refractivity contribution < 1.29 is 30.0 Å². The fraction of sp³-hybridized carbons (Fsp3) is 0.385. The molecule has 0 aliphatic rings. The maximum Gasteiger partial charge on any atom is 0.322 e. The monoisotopic (exact) mass is 283 g/mol. The molecule has 1 rings (SSSR count). The second-order valence-corrected chi connectivity index (χ2v) is 4.34. The number of nitrogens with one attached hydrogen (secondary N) is 1. The molecule has 1 atom stereocenters. The van der Waals surface area contributed by atoms with E-state index in [0.29, 0.717) is 5.56 Å². The zero-order chi connectivity index (χ0) is 15.1. The Balaban J connectivity index is 2.75. The molecule has 0 radical (unpaired) electrons. The van der Waals surface area contributed by atoms with Crippen molar-refractivity contribution in [3.63, 3.8) is 0 Å². The third-order valence-electron chi connectivity index (χ3n) is 2.80. The number of carboxylic acids is 1. The summed E-state index contributed by atoms with van der Waals surface area (Å²) in [4.78, 5) is 22.2. The Morgan fingerprint density at radius 2 is 1.95 bits per heavy atom. The second kappa shape index (κ2) is 7.34. The van der Waals surface area contributed by atoms with Crippen molar-refractivity contribution in [1.29, 1.82) is 0 Å². The highest BCUT2D eigenvalue weighted by Crippen LogP contribution is 2.25. The Morgan fingerprint density at radius 3 is 2.50 bits per heavy atom. The summed E-state index contributed by atoms with van der Waals surface area (Å²) in [7, 11) is 0. The zero-order valence-corrected chi connectivity index (χ0v) is 10.7. The largest absolute Gasteiger partial charge is 0.508 e. The molecule has 110 valence electrons. The SMILES string of the molecule is O=C(O)CNC(=O)C(CCO)Cc1ccc(O)cc1O. The number of aromatic hydroxyl groups is 2. The van der Waals surface area contributed by atoms with Crippen LogP contribution >= 0.6 is 0 Å². The van der Waals surface area contributed by atoms with Gasteiger partial charge in [-0.15, -0.1) is 0 Å². The van der Waals surface area contributed by atoms with E-state index in [4.69, 9.17) is 10.2 Å². The number of aliphatic hydroxyl groups excluding tert-OH is 1. The van der Waals surface area contributed by atoms with Crippen LogP contribution in [0.15, 0.2) is 18.2 Å². The van der Waals surface area contributed by atoms with Gasteiger partial charge in [-0.3, -0.25) is 9.59 Å². The number of rotatable bonds is 7. The Bertz CT molecular complexity index is 488. The highest BCUT2D eigenvalue weighted by atomic mass is 16.4. The van der Waals surface area contributed by atoms with Gasteiger partial charge in [-0.1, -0.05) is 6.07 Å². The first-order valence-electron chi connectivity index (χ1n) is 6.05. The highest BCUT2D eigenvalue weighted by Gasteiger charge is 2.20. The number of amides is 1. The van der Waals surface area contributed by atoms with Gasteiger partial charge >= 0.3 is 5.97 Å². The Hall–Kier alpha value is -2.28. The number of phenolic OH excluding ortho intramolecular Hbond substituents is 2. The molecule has 0 saturated heterocycles. The van der Waals surface area contributed by atoms with Gasteiger partial charge in [0.15, 0.2) is 0 Å². The van der Waals surface area contributed by atoms with Gasteiger partial charge in [-0.2, -0.15) is 0 Å². The van der Waals surface area contributed by atoms with E-state index in [2.05, 4.69) is 5.32 Å². The first-order valence-corrected chi connectivity index (χ1v) is 6.05. The summed E-state index contributed by atoms with van der Waals surface area (Å²) in [6.45, 7) is -0.730. The van der Waals surface area contributed by atoms with Crippen molar-refractivity contribution >= 4 is 11.9 Å². The van der Waals surface area contributed by atoms with Crippen molar-refractivity contribution in [3.8, 4) is 11.5 Å². The van der Waals surface area contributed by atoms with Crippen LogP contribution in [0.5, 0.6) is 11.5 Å². The lowest BCUT2D eigenvalue weighted by atomic mass is 9.95. The lowest BCUT2D eigenvalue weighted by Crippen LogP contribution is -2.36. The van der Waals surface area contributed by atoms with E-state index in [1.54, 1.807) is 0 Å². The molecule has 0 aliphatic heterocycles. The van der Waals surface area contributed by atoms with Gasteiger partial charge in [-0.25, -0.2) is 0 Å². The quantitative estimate of drug-likeness (QED) is 0.473. The van der Waals surface area contributed by atoms with Crippen molar-refractivity contribution in [2.24, 2.45) is 5.92 Å². The first kappa shape index (κ1) is 15.8. The van der Waals surface area contributed by atoms with E-state index in [-0.39, 0.29) is 30.9 Å². The molecule has 1 unspecified atom stereocenters. The number of aliphatic hydroxyl groups is 1. The van der Waals surface area contributed by atoms with Crippen molar-refractivity contribution in [3.05, 3.63) is 23.8 Å². The third-order valence-corrected chi connectivity index (χ3v) is 2.80. The van der Waals surface area contributed by atoms with Crippen LogP contribution in [0.4, 0.5) is 0 Å². The summed E-state index contributed by atoms with van der Waals surface area (Å²) in [6.07, 6.45) is 0.282. The van der Waals surface area contributed by atoms with Gasteiger partial charge < -0.3 is 25.7 Å². The molecule has 7 heteroatoms. The lowest BCUT2D eigenvalue weighted by molar-refractivity contribution is -0.138. The molecule has 0 aromatic heterocycles. The van der Waals surface area contributed by atoms with Gasteiger partial charge in [0.05, 0.1) is 0 Å². The summed E-state index contributed by atoms with van der Waals surface area (Å²) >= 11 is 0. The molecule has 20 heavy (non-hydrogen) atoms. The molecule has 1 amide bonds. The van der Waals surface area contributed by atoms with Crippen molar-refractivity contribution in [1.82, 2.24) is 5.32 Å². The van der Waals surface area contributed by atoms with Crippen LogP contribution in [0.3, 0.4) is 0 Å². The van der Waals surface area contributed by atoms with Crippen molar-refractivity contribution in [2.75, 3.05) is 13.2 Å². The Labute approximate surface area is 115 Å². The molecule has 0 fully saturated rings. The summed E-state index contributed by atoms with van der Waals surface area (Å²) in [5.41, 5.74) is 0.437. The van der Waals surface area contributed by atoms with Gasteiger partial charge in [-0.05, 0) is 24.5 Å². The van der Waals surface area contributed by atoms with Crippen LogP contribution in [-0.4, -0.2) is 45.5 Å². The summed E-state index contributed by atoms with van der Waals surface area (Å²) in [6, 6.07) is 4.00. The first-order chi connectivity index (χ1) is 9.43. The van der Waals surface area contributed by atoms with E-state index in [9.17, 15) is 19.8 Å². The number of carboxylic acid groups (broad SMARTS) is 1. The smallest absolute Gasteiger partial charge is 0.322 e. The van der Waals surface area contributed by atoms with Gasteiger partial charge in [0.25, 0.3) is 0 Å². The average molecular weight is 283 g/mol. The number of carbonyl (C=O) groups excluding carboxylic acids is 1. The number of hydrogen-bond acceptors (Lipinski definition) is 5. The van der Waals surface area contributed by atoms with Crippen LogP contribution in [-0.2, 0) is 16.0 Å². The molecule has 0 aliphatic carbocycles. The van der Waals surface area contributed by atoms with Gasteiger partial charge in [0, 0.05) is 18.6 Å². The molecule has 0 bridgehead atoms. The molecular formula is C13H17NO6. The lowest BCUT2D eigenvalue weighted by Gasteiger charge is -2.16. The van der Waals surface area contributed by atoms with E-state index >= 15 is 0 Å². The molecule has 1 aromatic rings. The maximum atomic E-state index is 11.8. The van der Waals surface area contributed by atoms with Crippen LogP contribution in [0.25, 0.3) is 0 Å². The minimum atomic E-state index is -1.16. The zero-order valence-electron chi connectivity index (χ0n) is 10.7. The second-order valence-electron chi connectivity index (χ2n) is 4.34. The van der Waals surface area contributed by atoms with E-state index in [0.717, 1.165) is 6.07 Å². The average Bonchev–Trinajstić information content (AvgIpc) is 2.38. The van der Waals surface area contributed by atoms with Crippen LogP contribution in [0.1, 0.15) is 12.0 Å². The standard InChI is InChI=1S/C13H17NO6/c15-4-3-9(13(20)14-7-12(18)19)5-8-1-2-10(16)6-11(8)17/h1-2,6,9,15-17H,3-5,7H2,(H,14,20)(H,18,19). The van der Waals surface area contributed by atoms with Crippen LogP contribution in [0, 0.1) is 5.92 Å². The number of aliphatic carboxylic acids is 1. The van der Waals surface area contributed by atoms with E-state index in [1.807, 2.05) is 0 Å². The molecule has 0 saturated carbocycles. The number of benzene rings is 1. The fourth-order valence-corrected chi connectivity index (χ4v) is 1.78. The van der Waals surface area contributed by atoms with E-state index < -0.39 is 24.3 Å². The van der Waals surface area contributed by atoms with Gasteiger partial charge in [0.1, 0.15) is 18.0 Å². The number of hydrogen-bond donors (Lipinski definition) is 5. The normalized spacial score (nSPS) is 11.8. The van der Waals surface area contributed by atoms with Crippen LogP contribution < -0.4 is 5.32 Å². The highest BCUT2D eigenvalue weighted by molar-refractivity contribution is 5.83. The predicted octanol–water partition coefficient (Wildman–Crippen LogP) is -0.160. The van der Waals surface area contributed by atoms with Crippen molar-refractivity contribution in [2.45, 2.75) is 12.8 Å². The Morgan fingerprint density at radius 1 is 1.25 bits per heavy atom. The third kappa shape index (κ3) is 4.77. The molecule has 1 aromatic carbocycles. The summed E-state index contributed by atoms with van der Waals surface area (Å²) in [5, 5.41) is 38.5. The predicted molar refractivity (Wildman–Crippen MR) is 69.3 cm³/mol. The Kier molecular flexibility index (Phi) is 5.79. The van der Waals surface area contributed by atoms with Crippen LogP contribution in [0.2, 0.25) is 0 Å². The molecular weight excluding hydrogens is 266 g/mol. The number of phenols is 2. The summed E-state index contributed by atoms with van der Waals surface area (Å²) in [5.74, 6) is -2.57.